The lowest BCUT2D eigenvalue weighted by Gasteiger charge is -2.11. The van der Waals surface area contributed by atoms with Crippen molar-refractivity contribution in [2.45, 2.75) is 13.1 Å². The van der Waals surface area contributed by atoms with Crippen molar-refractivity contribution < 1.29 is 8.78 Å². The summed E-state index contributed by atoms with van der Waals surface area (Å²) in [6, 6.07) is 11.5. The van der Waals surface area contributed by atoms with Crippen LogP contribution in [-0.4, -0.2) is 14.5 Å². The van der Waals surface area contributed by atoms with Gasteiger partial charge >= 0.3 is 0 Å². The number of nitrogens with zero attached hydrogens (tertiary/aromatic N) is 3. The molecule has 0 fully saturated rings. The summed E-state index contributed by atoms with van der Waals surface area (Å²) < 4.78 is 30.7. The number of pyridine rings is 1. The van der Waals surface area contributed by atoms with Gasteiger partial charge in [0.1, 0.15) is 11.6 Å². The van der Waals surface area contributed by atoms with E-state index in [2.05, 4.69) is 20.8 Å². The van der Waals surface area contributed by atoms with E-state index in [1.165, 1.54) is 24.7 Å². The first-order valence-electron chi connectivity index (χ1n) is 9.00. The third kappa shape index (κ3) is 3.03. The van der Waals surface area contributed by atoms with Gasteiger partial charge in [-0.25, -0.2) is 24.2 Å². The van der Waals surface area contributed by atoms with Crippen LogP contribution < -0.4 is 16.4 Å². The molecule has 1 aliphatic heterocycles. The number of halogens is 2. The fourth-order valence-electron chi connectivity index (χ4n) is 3.45. The van der Waals surface area contributed by atoms with Crippen LogP contribution in [0.4, 0.5) is 14.5 Å². The molecule has 2 aromatic heterocycles. The molecular formula is C21H15F2N5O. The number of hydrogen-bond donors (Lipinski definition) is 2. The maximum absolute atomic E-state index is 14.8. The summed E-state index contributed by atoms with van der Waals surface area (Å²) in [4.78, 5) is 20.7. The van der Waals surface area contributed by atoms with Crippen LogP contribution in [0.25, 0.3) is 22.2 Å². The van der Waals surface area contributed by atoms with Crippen molar-refractivity contribution in [3.8, 4) is 11.1 Å². The Kier molecular flexibility index (Phi) is 4.06. The number of nitrogens with one attached hydrogen (secondary N) is 2. The molecule has 3 heterocycles. The maximum atomic E-state index is 14.8. The number of benzene rings is 2. The Morgan fingerprint density at radius 3 is 2.69 bits per heavy atom. The first-order chi connectivity index (χ1) is 14.1. The molecule has 2 N–H and O–H groups in total. The highest BCUT2D eigenvalue weighted by Crippen LogP contribution is 2.30. The van der Waals surface area contributed by atoms with Gasteiger partial charge in [-0.1, -0.05) is 12.1 Å². The zero-order chi connectivity index (χ0) is 20.0. The molecule has 0 saturated carbocycles. The normalized spacial score (nSPS) is 12.8. The quantitative estimate of drug-likeness (QED) is 0.561. The van der Waals surface area contributed by atoms with E-state index in [1.54, 1.807) is 12.1 Å². The molecule has 0 atom stereocenters. The molecule has 2 aromatic carbocycles. The number of hydrazine groups is 1. The summed E-state index contributed by atoms with van der Waals surface area (Å²) in [5, 5.41) is 0. The maximum Gasteiger partial charge on any atom is 0.280 e. The lowest BCUT2D eigenvalue weighted by atomic mass is 10.0. The molecule has 0 amide bonds. The minimum atomic E-state index is -0.723. The molecule has 0 saturated heterocycles. The lowest BCUT2D eigenvalue weighted by Crippen LogP contribution is -2.23. The van der Waals surface area contributed by atoms with Gasteiger partial charge in [0.05, 0.1) is 24.1 Å². The van der Waals surface area contributed by atoms with Crippen LogP contribution in [0.15, 0.2) is 59.8 Å². The standard InChI is InChI=1S/C21H15F2N5O/c22-16-6-14(12-3-4-13-9-26-27-19(13)8-12)7-17(23)15(16)10-28-11-25-18-2-1-5-24-20(18)21(28)29/h1-8,11,26-27H,9-10H2. The number of anilines is 1. The molecular weight excluding hydrogens is 376 g/mol. The molecule has 1 aliphatic rings. The van der Waals surface area contributed by atoms with E-state index in [1.807, 2.05) is 18.2 Å². The molecule has 0 aliphatic carbocycles. The van der Waals surface area contributed by atoms with Crippen LogP contribution in [-0.2, 0) is 13.1 Å². The molecule has 4 aromatic rings. The fourth-order valence-corrected chi connectivity index (χ4v) is 3.45. The van der Waals surface area contributed by atoms with Gasteiger partial charge in [0, 0.05) is 18.3 Å². The van der Waals surface area contributed by atoms with Crippen molar-refractivity contribution in [1.29, 1.82) is 0 Å². The third-order valence-electron chi connectivity index (χ3n) is 5.00. The smallest absolute Gasteiger partial charge is 0.280 e. The van der Waals surface area contributed by atoms with E-state index in [0.29, 0.717) is 23.2 Å². The van der Waals surface area contributed by atoms with Gasteiger partial charge in [0.2, 0.25) is 0 Å². The number of hydrogen-bond acceptors (Lipinski definition) is 5. The predicted octanol–water partition coefficient (Wildman–Crippen LogP) is 3.22. The van der Waals surface area contributed by atoms with Crippen LogP contribution >= 0.6 is 0 Å². The summed E-state index contributed by atoms with van der Waals surface area (Å²) in [6.07, 6.45) is 2.75. The van der Waals surface area contributed by atoms with Crippen molar-refractivity contribution in [3.05, 3.63) is 88.1 Å². The molecule has 5 rings (SSSR count). The lowest BCUT2D eigenvalue weighted by molar-refractivity contribution is 0.541. The number of fused-ring (bicyclic) bond motifs is 2. The first-order valence-corrected chi connectivity index (χ1v) is 9.00. The monoisotopic (exact) mass is 391 g/mol. The van der Waals surface area contributed by atoms with Gasteiger partial charge in [-0.15, -0.1) is 0 Å². The van der Waals surface area contributed by atoms with Gasteiger partial charge in [0.15, 0.2) is 5.52 Å². The average molecular weight is 391 g/mol. The topological polar surface area (TPSA) is 71.8 Å². The summed E-state index contributed by atoms with van der Waals surface area (Å²) in [6.45, 7) is 0.423. The molecule has 0 unspecified atom stereocenters. The van der Waals surface area contributed by atoms with Crippen LogP contribution in [0, 0.1) is 11.6 Å². The second kappa shape index (κ2) is 6.75. The van der Waals surface area contributed by atoms with Gasteiger partial charge in [0.25, 0.3) is 5.56 Å². The highest BCUT2D eigenvalue weighted by Gasteiger charge is 2.16. The first kappa shape index (κ1) is 17.4. The SMILES string of the molecule is O=c1c2ncccc2ncn1Cc1c(F)cc(-c2ccc3c(c2)NNC3)cc1F. The van der Waals surface area contributed by atoms with E-state index in [4.69, 9.17) is 0 Å². The summed E-state index contributed by atoms with van der Waals surface area (Å²) in [5.74, 6) is -1.45. The highest BCUT2D eigenvalue weighted by molar-refractivity contribution is 5.72. The van der Waals surface area contributed by atoms with E-state index in [-0.39, 0.29) is 17.6 Å². The van der Waals surface area contributed by atoms with Crippen molar-refractivity contribution >= 4 is 16.7 Å². The summed E-state index contributed by atoms with van der Waals surface area (Å²) in [5.41, 5.74) is 9.05. The molecule has 8 heteroatoms. The van der Waals surface area contributed by atoms with Crippen molar-refractivity contribution in [2.24, 2.45) is 0 Å². The second-order valence-electron chi connectivity index (χ2n) is 6.82. The van der Waals surface area contributed by atoms with Crippen molar-refractivity contribution in [1.82, 2.24) is 20.0 Å². The van der Waals surface area contributed by atoms with Gasteiger partial charge in [-0.05, 0) is 47.0 Å². The van der Waals surface area contributed by atoms with Gasteiger partial charge < -0.3 is 5.43 Å². The Morgan fingerprint density at radius 1 is 1.03 bits per heavy atom. The van der Waals surface area contributed by atoms with E-state index in [9.17, 15) is 13.6 Å². The van der Waals surface area contributed by atoms with Gasteiger partial charge in [-0.3, -0.25) is 9.36 Å². The second-order valence-corrected chi connectivity index (χ2v) is 6.82. The minimum absolute atomic E-state index is 0.159. The Morgan fingerprint density at radius 2 is 1.86 bits per heavy atom. The van der Waals surface area contributed by atoms with Crippen molar-refractivity contribution in [2.75, 3.05) is 5.43 Å². The van der Waals surface area contributed by atoms with Crippen LogP contribution in [0.5, 0.6) is 0 Å². The minimum Gasteiger partial charge on any atom is -0.321 e. The Bertz CT molecular complexity index is 1300. The largest absolute Gasteiger partial charge is 0.321 e. The van der Waals surface area contributed by atoms with Crippen LogP contribution in [0.2, 0.25) is 0 Å². The fraction of sp³-hybridized carbons (Fsp3) is 0.0952. The van der Waals surface area contributed by atoms with Crippen molar-refractivity contribution in [3.63, 3.8) is 0 Å². The Balaban J connectivity index is 1.52. The van der Waals surface area contributed by atoms with Crippen LogP contribution in [0.1, 0.15) is 11.1 Å². The third-order valence-corrected chi connectivity index (χ3v) is 5.00. The molecule has 29 heavy (non-hydrogen) atoms. The predicted molar refractivity (Wildman–Crippen MR) is 105 cm³/mol. The van der Waals surface area contributed by atoms with Gasteiger partial charge in [-0.2, -0.15) is 0 Å². The highest BCUT2D eigenvalue weighted by atomic mass is 19.1. The zero-order valence-corrected chi connectivity index (χ0v) is 15.1. The van der Waals surface area contributed by atoms with Crippen LogP contribution in [0.3, 0.4) is 0 Å². The molecule has 6 nitrogen and oxygen atoms in total. The summed E-state index contributed by atoms with van der Waals surface area (Å²) >= 11 is 0. The van der Waals surface area contributed by atoms with E-state index < -0.39 is 17.2 Å². The molecule has 0 radical (unpaired) electrons. The van der Waals surface area contributed by atoms with E-state index in [0.717, 1.165) is 15.8 Å². The number of aromatic nitrogens is 3. The Hall–Kier alpha value is -3.65. The average Bonchev–Trinajstić information content (AvgIpc) is 3.20. The Labute approximate surface area is 163 Å². The zero-order valence-electron chi connectivity index (χ0n) is 15.1. The molecule has 144 valence electrons. The molecule has 0 bridgehead atoms. The molecule has 0 spiro atoms. The van der Waals surface area contributed by atoms with E-state index >= 15 is 0 Å². The number of rotatable bonds is 3. The summed E-state index contributed by atoms with van der Waals surface area (Å²) in [7, 11) is 0.